The second-order valence-electron chi connectivity index (χ2n) is 3.82. The lowest BCUT2D eigenvalue weighted by Crippen LogP contribution is -2.36. The summed E-state index contributed by atoms with van der Waals surface area (Å²) in [5, 5.41) is 2.81. The zero-order valence-electron chi connectivity index (χ0n) is 10.1. The van der Waals surface area contributed by atoms with Gasteiger partial charge in [0.05, 0.1) is 0 Å². The zero-order chi connectivity index (χ0) is 12.0. The van der Waals surface area contributed by atoms with Crippen LogP contribution in [0.25, 0.3) is 0 Å². The normalized spacial score (nSPS) is 11.9. The number of para-hydroxylation sites is 1. The molecular formula is C13H19NO2. The van der Waals surface area contributed by atoms with Crippen molar-refractivity contribution < 1.29 is 9.53 Å². The van der Waals surface area contributed by atoms with Crippen molar-refractivity contribution in [3.8, 4) is 5.75 Å². The molecule has 0 aliphatic rings. The first kappa shape index (κ1) is 12.6. The highest BCUT2D eigenvalue weighted by molar-refractivity contribution is 5.80. The lowest BCUT2D eigenvalue weighted by molar-refractivity contribution is -0.127. The summed E-state index contributed by atoms with van der Waals surface area (Å²) in [6.45, 7) is 6.44. The second kappa shape index (κ2) is 6.16. The monoisotopic (exact) mass is 221 g/mol. The number of benzene rings is 1. The van der Waals surface area contributed by atoms with Crippen molar-refractivity contribution in [1.29, 1.82) is 0 Å². The molecule has 0 fully saturated rings. The van der Waals surface area contributed by atoms with E-state index in [1.165, 1.54) is 0 Å². The van der Waals surface area contributed by atoms with Crippen LogP contribution >= 0.6 is 0 Å². The van der Waals surface area contributed by atoms with Crippen LogP contribution in [0.5, 0.6) is 5.75 Å². The maximum atomic E-state index is 11.6. The van der Waals surface area contributed by atoms with Gasteiger partial charge in [0.15, 0.2) is 6.10 Å². The number of carbonyl (C=O) groups excluding carboxylic acids is 1. The summed E-state index contributed by atoms with van der Waals surface area (Å²) in [5.41, 5.74) is 1.04. The standard InChI is InChI=1S/C13H19NO2/c1-4-9-14-13(15)11(3)16-12-8-6-5-7-10(12)2/h5-8,11H,4,9H2,1-3H3,(H,14,15). The Hall–Kier alpha value is -1.51. The van der Waals surface area contributed by atoms with E-state index in [2.05, 4.69) is 5.32 Å². The Labute approximate surface area is 96.8 Å². The third-order valence-electron chi connectivity index (χ3n) is 2.32. The van der Waals surface area contributed by atoms with Crippen LogP contribution < -0.4 is 10.1 Å². The van der Waals surface area contributed by atoms with Crippen LogP contribution in [0.2, 0.25) is 0 Å². The molecule has 0 heterocycles. The molecule has 0 radical (unpaired) electrons. The number of amides is 1. The Morgan fingerprint density at radius 3 is 2.75 bits per heavy atom. The van der Waals surface area contributed by atoms with Gasteiger partial charge < -0.3 is 10.1 Å². The van der Waals surface area contributed by atoms with E-state index in [0.29, 0.717) is 6.54 Å². The van der Waals surface area contributed by atoms with Crippen molar-refractivity contribution in [3.63, 3.8) is 0 Å². The van der Waals surface area contributed by atoms with Gasteiger partial charge in [-0.2, -0.15) is 0 Å². The third-order valence-corrected chi connectivity index (χ3v) is 2.32. The van der Waals surface area contributed by atoms with Gasteiger partial charge in [-0.05, 0) is 31.9 Å². The van der Waals surface area contributed by atoms with Crippen LogP contribution in [-0.4, -0.2) is 18.6 Å². The molecule has 0 bridgehead atoms. The molecule has 88 valence electrons. The highest BCUT2D eigenvalue weighted by Gasteiger charge is 2.14. The van der Waals surface area contributed by atoms with Gasteiger partial charge >= 0.3 is 0 Å². The highest BCUT2D eigenvalue weighted by Crippen LogP contribution is 2.17. The number of nitrogens with one attached hydrogen (secondary N) is 1. The minimum atomic E-state index is -0.451. The number of rotatable bonds is 5. The summed E-state index contributed by atoms with van der Waals surface area (Å²) in [6.07, 6.45) is 0.482. The first-order chi connectivity index (χ1) is 7.65. The molecule has 0 saturated heterocycles. The summed E-state index contributed by atoms with van der Waals surface area (Å²) in [4.78, 5) is 11.6. The van der Waals surface area contributed by atoms with Gasteiger partial charge in [0, 0.05) is 6.54 Å². The van der Waals surface area contributed by atoms with E-state index >= 15 is 0 Å². The predicted molar refractivity (Wildman–Crippen MR) is 64.6 cm³/mol. The minimum absolute atomic E-state index is 0.0647. The topological polar surface area (TPSA) is 38.3 Å². The Kier molecular flexibility index (Phi) is 4.83. The Morgan fingerprint density at radius 1 is 1.44 bits per heavy atom. The molecule has 0 aromatic heterocycles. The van der Waals surface area contributed by atoms with Gasteiger partial charge in [-0.15, -0.1) is 0 Å². The zero-order valence-corrected chi connectivity index (χ0v) is 10.1. The number of hydrogen-bond donors (Lipinski definition) is 1. The van der Waals surface area contributed by atoms with Gasteiger partial charge in [-0.25, -0.2) is 0 Å². The fourth-order valence-electron chi connectivity index (χ4n) is 1.32. The summed E-state index contributed by atoms with van der Waals surface area (Å²) < 4.78 is 5.59. The summed E-state index contributed by atoms with van der Waals surface area (Å²) in [6, 6.07) is 7.69. The molecule has 1 rings (SSSR count). The summed E-state index contributed by atoms with van der Waals surface area (Å²) in [5.74, 6) is 0.701. The molecule has 1 atom stereocenters. The van der Waals surface area contributed by atoms with Gasteiger partial charge in [-0.3, -0.25) is 4.79 Å². The third kappa shape index (κ3) is 3.57. The molecule has 16 heavy (non-hydrogen) atoms. The maximum absolute atomic E-state index is 11.6. The number of carbonyl (C=O) groups is 1. The quantitative estimate of drug-likeness (QED) is 0.828. The van der Waals surface area contributed by atoms with E-state index in [1.54, 1.807) is 6.92 Å². The highest BCUT2D eigenvalue weighted by atomic mass is 16.5. The van der Waals surface area contributed by atoms with Crippen molar-refractivity contribution in [2.24, 2.45) is 0 Å². The molecule has 1 amide bonds. The van der Waals surface area contributed by atoms with Gasteiger partial charge in [0.1, 0.15) is 5.75 Å². The van der Waals surface area contributed by atoms with Crippen LogP contribution in [0, 0.1) is 6.92 Å². The van der Waals surface area contributed by atoms with Crippen LogP contribution in [0.4, 0.5) is 0 Å². The van der Waals surface area contributed by atoms with Gasteiger partial charge in [0.25, 0.3) is 5.91 Å². The predicted octanol–water partition coefficient (Wildman–Crippen LogP) is 2.29. The van der Waals surface area contributed by atoms with Crippen molar-refractivity contribution in [3.05, 3.63) is 29.8 Å². The van der Waals surface area contributed by atoms with E-state index in [9.17, 15) is 4.79 Å². The Bertz CT molecular complexity index is 350. The van der Waals surface area contributed by atoms with Gasteiger partial charge in [0.2, 0.25) is 0 Å². The lowest BCUT2D eigenvalue weighted by atomic mass is 10.2. The molecule has 1 unspecified atom stereocenters. The minimum Gasteiger partial charge on any atom is -0.481 e. The molecule has 0 aliphatic heterocycles. The average molecular weight is 221 g/mol. The fourth-order valence-corrected chi connectivity index (χ4v) is 1.32. The molecule has 0 saturated carbocycles. The van der Waals surface area contributed by atoms with Crippen molar-refractivity contribution in [2.75, 3.05) is 6.54 Å². The second-order valence-corrected chi connectivity index (χ2v) is 3.82. The van der Waals surface area contributed by atoms with E-state index in [0.717, 1.165) is 17.7 Å². The SMILES string of the molecule is CCCNC(=O)C(C)Oc1ccccc1C. The average Bonchev–Trinajstić information content (AvgIpc) is 2.28. The van der Waals surface area contributed by atoms with Crippen molar-refractivity contribution in [2.45, 2.75) is 33.3 Å². The van der Waals surface area contributed by atoms with Gasteiger partial charge in [-0.1, -0.05) is 25.1 Å². The molecule has 1 N–H and O–H groups in total. The largest absolute Gasteiger partial charge is 0.481 e. The molecule has 0 aliphatic carbocycles. The van der Waals surface area contributed by atoms with Crippen LogP contribution in [0.3, 0.4) is 0 Å². The first-order valence-electron chi connectivity index (χ1n) is 5.65. The van der Waals surface area contributed by atoms with E-state index < -0.39 is 6.10 Å². The lowest BCUT2D eigenvalue weighted by Gasteiger charge is -2.15. The molecule has 0 spiro atoms. The van der Waals surface area contributed by atoms with E-state index in [-0.39, 0.29) is 5.91 Å². The molecule has 3 heteroatoms. The number of ether oxygens (including phenoxy) is 1. The summed E-state index contributed by atoms with van der Waals surface area (Å²) in [7, 11) is 0. The van der Waals surface area contributed by atoms with Crippen molar-refractivity contribution >= 4 is 5.91 Å². The molecule has 1 aromatic rings. The van der Waals surface area contributed by atoms with Crippen LogP contribution in [0.1, 0.15) is 25.8 Å². The first-order valence-corrected chi connectivity index (χ1v) is 5.65. The smallest absolute Gasteiger partial charge is 0.260 e. The maximum Gasteiger partial charge on any atom is 0.260 e. The number of hydrogen-bond acceptors (Lipinski definition) is 2. The van der Waals surface area contributed by atoms with E-state index in [1.807, 2.05) is 38.1 Å². The molecular weight excluding hydrogens is 202 g/mol. The van der Waals surface area contributed by atoms with Crippen LogP contribution in [-0.2, 0) is 4.79 Å². The molecule has 1 aromatic carbocycles. The van der Waals surface area contributed by atoms with E-state index in [4.69, 9.17) is 4.74 Å². The number of aryl methyl sites for hydroxylation is 1. The summed E-state index contributed by atoms with van der Waals surface area (Å²) >= 11 is 0. The van der Waals surface area contributed by atoms with Crippen LogP contribution in [0.15, 0.2) is 24.3 Å². The van der Waals surface area contributed by atoms with Crippen molar-refractivity contribution in [1.82, 2.24) is 5.32 Å². The fraction of sp³-hybridized carbons (Fsp3) is 0.462. The molecule has 3 nitrogen and oxygen atoms in total. The Balaban J connectivity index is 2.54. The Morgan fingerprint density at radius 2 is 2.12 bits per heavy atom.